The second-order valence-corrected chi connectivity index (χ2v) is 21.1. The maximum Gasteiger partial charge on any atom is 0.168 e. The number of rotatable bonds is 6. The van der Waals surface area contributed by atoms with E-state index >= 15 is 0 Å². The van der Waals surface area contributed by atoms with Gasteiger partial charge >= 0.3 is 0 Å². The third kappa shape index (κ3) is 8.87. The van der Waals surface area contributed by atoms with Crippen LogP contribution >= 0.6 is 0 Å². The summed E-state index contributed by atoms with van der Waals surface area (Å²) in [5, 5.41) is 50.1. The number of aromatic nitrogens is 1. The van der Waals surface area contributed by atoms with Crippen LogP contribution < -0.4 is 15.8 Å². The molecule has 6 aromatic rings. The quantitative estimate of drug-likeness (QED) is 0.0897. The first-order valence-electron chi connectivity index (χ1n) is 26.0. The van der Waals surface area contributed by atoms with Crippen molar-refractivity contribution in [1.82, 2.24) is 9.88 Å². The molecule has 7 N–H and O–H groups in total. The number of benzene rings is 5. The molecule has 5 aliphatic heterocycles. The number of hydrogen-bond acceptors (Lipinski definition) is 9. The zero-order valence-corrected chi connectivity index (χ0v) is 40.7. The van der Waals surface area contributed by atoms with Crippen molar-refractivity contribution in [3.8, 4) is 34.8 Å². The number of nitrogens with zero attached hydrogens (tertiary/aromatic N) is 1. The van der Waals surface area contributed by atoms with Gasteiger partial charge in [-0.3, -0.25) is 0 Å². The Kier molecular flexibility index (Phi) is 12.5. The fourth-order valence-corrected chi connectivity index (χ4v) is 12.8. The van der Waals surface area contributed by atoms with E-state index in [-0.39, 0.29) is 53.8 Å². The van der Waals surface area contributed by atoms with Gasteiger partial charge < -0.3 is 50.3 Å². The Hall–Kier alpha value is -6.74. The molecule has 8 bridgehead atoms. The highest BCUT2D eigenvalue weighted by atomic mass is 16.5. The van der Waals surface area contributed by atoms with Gasteiger partial charge in [-0.1, -0.05) is 84.7 Å². The van der Waals surface area contributed by atoms with Crippen molar-refractivity contribution in [2.24, 2.45) is 23.5 Å². The summed E-state index contributed by atoms with van der Waals surface area (Å²) < 4.78 is 22.2. The lowest BCUT2D eigenvalue weighted by Crippen LogP contribution is -2.47. The first-order chi connectivity index (χ1) is 35.1. The first kappa shape index (κ1) is 46.3. The predicted molar refractivity (Wildman–Crippen MR) is 280 cm³/mol. The Morgan fingerprint density at radius 2 is 1.76 bits per heavy atom. The zero-order chi connectivity index (χ0) is 48.9. The average Bonchev–Trinajstić information content (AvgIpc) is 3.82. The molecular weight excluding hydrogens is 899 g/mol. The van der Waals surface area contributed by atoms with Gasteiger partial charge in [0.25, 0.3) is 0 Å². The van der Waals surface area contributed by atoms with Crippen LogP contribution in [0.3, 0.4) is 0 Å². The number of ether oxygens (including phenoxy) is 3. The molecule has 6 heterocycles. The Morgan fingerprint density at radius 3 is 2.68 bits per heavy atom. The van der Waals surface area contributed by atoms with Crippen molar-refractivity contribution in [2.45, 2.75) is 101 Å². The van der Waals surface area contributed by atoms with Crippen LogP contribution in [-0.2, 0) is 47.2 Å². The van der Waals surface area contributed by atoms with E-state index in [4.69, 9.17) is 19.9 Å². The Labute approximate surface area is 421 Å². The molecule has 368 valence electrons. The average molecular weight is 962 g/mol. The third-order valence-corrected chi connectivity index (χ3v) is 16.6. The van der Waals surface area contributed by atoms with E-state index in [1.165, 1.54) is 16.7 Å². The lowest BCUT2D eigenvalue weighted by molar-refractivity contribution is 0.00497. The fraction of sp³-hybridized carbons (Fsp3) is 0.355. The van der Waals surface area contributed by atoms with E-state index in [1.54, 1.807) is 24.3 Å². The van der Waals surface area contributed by atoms with E-state index in [9.17, 15) is 20.4 Å². The Bertz CT molecular complexity index is 3230. The molecule has 0 spiro atoms. The Balaban J connectivity index is 0.959. The predicted octanol–water partition coefficient (Wildman–Crippen LogP) is 9.95. The lowest BCUT2D eigenvalue weighted by Gasteiger charge is -2.49. The minimum absolute atomic E-state index is 0.0622. The SMILES string of the molecule is NC1C=C2C#CC(CCc3ccc(O)c(Cc4cccc(O)c4)c3)CCCC3CC(O)C4C=Cc5c(ccc(O)c5OCc5cc(C67CCOCC6CCc6ccccc67)cc6cn(cc56)C(=C2CO3)N1)C4. The molecule has 5 aromatic carbocycles. The van der Waals surface area contributed by atoms with Crippen LogP contribution in [0.4, 0.5) is 0 Å². The number of dihydropyridines is 1. The molecule has 7 atom stereocenters. The van der Waals surface area contributed by atoms with Gasteiger partial charge in [-0.25, -0.2) is 0 Å². The molecule has 2 aliphatic carbocycles. The number of fused-ring (bicyclic) bond motifs is 5. The summed E-state index contributed by atoms with van der Waals surface area (Å²) in [6.45, 7) is 1.88. The van der Waals surface area contributed by atoms with Gasteiger partial charge in [0.15, 0.2) is 11.5 Å². The standard InChI is InChI=1S/C62H63N3O7/c63-59-31-43-15-13-38(11-12-39-14-21-56(67)45(25-39)26-40-6-3-8-50(66)27-40)5-4-9-51-32-58(69)44-17-20-52-42(28-44)18-22-57(68)60(52)72-35-47-30-49(29-46-33-65(34-53(46)47)61(64-59)54(43)37-71-51)62-23-24-70-36-48(62)19-16-41-7-1-2-10-55(41)62/h1-3,6-8,10,14,17-18,20-22,25,27,29-31,33-34,38,44,48,51,58-59,64,66-69H,4-5,9,11-12,16,19,23-24,26,28,32,35-37,63H2. The summed E-state index contributed by atoms with van der Waals surface area (Å²) in [6.07, 6.45) is 17.6. The zero-order valence-electron chi connectivity index (χ0n) is 40.7. The highest BCUT2D eigenvalue weighted by molar-refractivity contribution is 5.89. The number of aliphatic hydroxyl groups excluding tert-OH is 1. The van der Waals surface area contributed by atoms with Gasteiger partial charge in [0.1, 0.15) is 23.9 Å². The number of phenols is 3. The molecule has 7 unspecified atom stereocenters. The van der Waals surface area contributed by atoms with Crippen LogP contribution in [-0.4, -0.2) is 63.2 Å². The molecule has 1 saturated heterocycles. The van der Waals surface area contributed by atoms with Crippen molar-refractivity contribution in [1.29, 1.82) is 0 Å². The largest absolute Gasteiger partial charge is 0.508 e. The molecular formula is C62H63N3O7. The van der Waals surface area contributed by atoms with E-state index in [1.807, 2.05) is 36.4 Å². The van der Waals surface area contributed by atoms with Gasteiger partial charge in [-0.05, 0) is 145 Å². The number of nitrogens with one attached hydrogen (secondary N) is 1. The maximum absolute atomic E-state index is 12.0. The molecule has 10 heteroatoms. The molecule has 0 amide bonds. The number of phenolic OH excluding ortho intramolecular Hbond substituents is 3. The van der Waals surface area contributed by atoms with Crippen molar-refractivity contribution < 1.29 is 34.6 Å². The van der Waals surface area contributed by atoms with Gasteiger partial charge in [-0.15, -0.1) is 0 Å². The maximum atomic E-state index is 12.0. The van der Waals surface area contributed by atoms with Crippen LogP contribution in [0.15, 0.2) is 127 Å². The number of aromatic hydroxyl groups is 3. The molecule has 7 aliphatic rings. The monoisotopic (exact) mass is 961 g/mol. The van der Waals surface area contributed by atoms with Crippen LogP contribution in [0.1, 0.15) is 95.0 Å². The second kappa shape index (κ2) is 19.4. The van der Waals surface area contributed by atoms with Gasteiger partial charge in [0, 0.05) is 76.6 Å². The summed E-state index contributed by atoms with van der Waals surface area (Å²) in [7, 11) is 0. The lowest BCUT2D eigenvalue weighted by atomic mass is 9.57. The van der Waals surface area contributed by atoms with Crippen molar-refractivity contribution in [3.63, 3.8) is 0 Å². The molecule has 1 fully saturated rings. The summed E-state index contributed by atoms with van der Waals surface area (Å²) in [4.78, 5) is 0. The molecule has 10 nitrogen and oxygen atoms in total. The number of aliphatic hydroxyl groups is 1. The minimum atomic E-state index is -0.667. The van der Waals surface area contributed by atoms with Crippen LogP contribution in [0.5, 0.6) is 23.0 Å². The van der Waals surface area contributed by atoms with E-state index in [0.717, 1.165) is 112 Å². The van der Waals surface area contributed by atoms with Gasteiger partial charge in [0.2, 0.25) is 0 Å². The van der Waals surface area contributed by atoms with Crippen LogP contribution in [0, 0.1) is 29.6 Å². The molecule has 13 rings (SSSR count). The summed E-state index contributed by atoms with van der Waals surface area (Å²) >= 11 is 0. The van der Waals surface area contributed by atoms with E-state index < -0.39 is 12.3 Å². The first-order valence-corrected chi connectivity index (χ1v) is 26.0. The third-order valence-electron chi connectivity index (χ3n) is 16.6. The van der Waals surface area contributed by atoms with Crippen molar-refractivity contribution in [3.05, 3.63) is 177 Å². The molecule has 72 heavy (non-hydrogen) atoms. The summed E-state index contributed by atoms with van der Waals surface area (Å²) in [6, 6.07) is 30.4. The Morgan fingerprint density at radius 1 is 0.861 bits per heavy atom. The highest BCUT2D eigenvalue weighted by Gasteiger charge is 2.47. The van der Waals surface area contributed by atoms with Crippen molar-refractivity contribution >= 4 is 22.7 Å². The highest BCUT2D eigenvalue weighted by Crippen LogP contribution is 2.52. The minimum Gasteiger partial charge on any atom is -0.508 e. The molecule has 0 radical (unpaired) electrons. The van der Waals surface area contributed by atoms with Crippen LogP contribution in [0.25, 0.3) is 22.7 Å². The molecule has 0 saturated carbocycles. The summed E-state index contributed by atoms with van der Waals surface area (Å²) in [5.74, 6) is 9.37. The molecule has 1 aromatic heterocycles. The van der Waals surface area contributed by atoms with E-state index in [0.29, 0.717) is 44.1 Å². The smallest absolute Gasteiger partial charge is 0.168 e. The number of nitrogens with two attached hydrogens (primary N) is 1. The van der Waals surface area contributed by atoms with Crippen LogP contribution in [0.2, 0.25) is 0 Å². The van der Waals surface area contributed by atoms with E-state index in [2.05, 4.69) is 82.7 Å². The summed E-state index contributed by atoms with van der Waals surface area (Å²) in [5.41, 5.74) is 18.2. The van der Waals surface area contributed by atoms with Gasteiger partial charge in [-0.2, -0.15) is 0 Å². The number of hydrogen-bond donors (Lipinski definition) is 6. The normalized spacial score (nSPS) is 25.7. The topological polar surface area (TPSA) is 152 Å². The van der Waals surface area contributed by atoms with Crippen molar-refractivity contribution in [2.75, 3.05) is 19.8 Å². The number of aryl methyl sites for hydroxylation is 2. The second-order valence-electron chi connectivity index (χ2n) is 21.1. The van der Waals surface area contributed by atoms with Gasteiger partial charge in [0.05, 0.1) is 31.6 Å². The fourth-order valence-electron chi connectivity index (χ4n) is 12.8.